The first-order chi connectivity index (χ1) is 16.5. The lowest BCUT2D eigenvalue weighted by Crippen LogP contribution is -2.49. The summed E-state index contributed by atoms with van der Waals surface area (Å²) in [7, 11) is 0. The molecule has 0 radical (unpaired) electrons. The number of aromatic nitrogens is 2. The van der Waals surface area contributed by atoms with E-state index in [1.54, 1.807) is 43.0 Å². The van der Waals surface area contributed by atoms with Gasteiger partial charge in [0, 0.05) is 37.6 Å². The molecule has 0 N–H and O–H groups in total. The Kier molecular flexibility index (Phi) is 6.22. The minimum atomic E-state index is -4.70. The van der Waals surface area contributed by atoms with Crippen molar-refractivity contribution in [1.29, 1.82) is 0 Å². The number of amides is 1. The van der Waals surface area contributed by atoms with Crippen molar-refractivity contribution in [3.05, 3.63) is 74.2 Å². The molecule has 0 atom stereocenters. The predicted octanol–water partition coefficient (Wildman–Crippen LogP) is 3.87. The SMILES string of the molecule is CC(C)n1nc(C(=O)N2CCN(c3ccc(C(F)(F)F)cc3[N+](=O)[O-])CC2)c2ccccc2c1=O. The van der Waals surface area contributed by atoms with Crippen molar-refractivity contribution in [2.24, 2.45) is 0 Å². The molecule has 35 heavy (non-hydrogen) atoms. The van der Waals surface area contributed by atoms with Crippen LogP contribution < -0.4 is 10.5 Å². The van der Waals surface area contributed by atoms with Gasteiger partial charge in [-0.1, -0.05) is 18.2 Å². The molecule has 0 bridgehead atoms. The fourth-order valence-corrected chi connectivity index (χ4v) is 4.13. The molecule has 2 aromatic carbocycles. The number of rotatable bonds is 4. The number of nitro benzene ring substituents is 1. The van der Waals surface area contributed by atoms with Crippen LogP contribution in [0.1, 0.15) is 35.9 Å². The van der Waals surface area contributed by atoms with E-state index in [1.165, 1.54) is 9.58 Å². The zero-order valence-corrected chi connectivity index (χ0v) is 19.0. The molecule has 1 saturated heterocycles. The van der Waals surface area contributed by atoms with Gasteiger partial charge in [-0.3, -0.25) is 19.7 Å². The summed E-state index contributed by atoms with van der Waals surface area (Å²) in [5, 5.41) is 16.6. The molecule has 12 heteroatoms. The highest BCUT2D eigenvalue weighted by Gasteiger charge is 2.35. The van der Waals surface area contributed by atoms with E-state index in [4.69, 9.17) is 0 Å². The van der Waals surface area contributed by atoms with Gasteiger partial charge >= 0.3 is 6.18 Å². The minimum absolute atomic E-state index is 0.0621. The zero-order chi connectivity index (χ0) is 25.5. The predicted molar refractivity (Wildman–Crippen MR) is 123 cm³/mol. The molecular weight excluding hydrogens is 467 g/mol. The van der Waals surface area contributed by atoms with Crippen LogP contribution in [0.3, 0.4) is 0 Å². The molecule has 0 unspecified atom stereocenters. The van der Waals surface area contributed by atoms with E-state index in [0.29, 0.717) is 16.8 Å². The van der Waals surface area contributed by atoms with Crippen molar-refractivity contribution < 1.29 is 22.9 Å². The van der Waals surface area contributed by atoms with Crippen molar-refractivity contribution in [3.63, 3.8) is 0 Å². The number of fused-ring (bicyclic) bond motifs is 1. The third-order valence-electron chi connectivity index (χ3n) is 5.93. The molecule has 4 rings (SSSR count). The van der Waals surface area contributed by atoms with Crippen molar-refractivity contribution in [1.82, 2.24) is 14.7 Å². The van der Waals surface area contributed by atoms with E-state index in [0.717, 1.165) is 12.1 Å². The molecule has 1 aliphatic heterocycles. The highest BCUT2D eigenvalue weighted by Crippen LogP contribution is 2.36. The second-order valence-electron chi connectivity index (χ2n) is 8.48. The maximum absolute atomic E-state index is 13.4. The van der Waals surface area contributed by atoms with Crippen LogP contribution in [0.4, 0.5) is 24.5 Å². The summed E-state index contributed by atoms with van der Waals surface area (Å²) in [6.45, 7) is 4.28. The number of alkyl halides is 3. The number of anilines is 1. The molecule has 1 fully saturated rings. The van der Waals surface area contributed by atoms with Gasteiger partial charge in [-0.25, -0.2) is 4.68 Å². The lowest BCUT2D eigenvalue weighted by atomic mass is 10.1. The second-order valence-corrected chi connectivity index (χ2v) is 8.48. The van der Waals surface area contributed by atoms with Crippen LogP contribution in [0.15, 0.2) is 47.3 Å². The number of halogens is 3. The lowest BCUT2D eigenvalue weighted by Gasteiger charge is -2.35. The Hall–Kier alpha value is -3.96. The Morgan fingerprint density at radius 3 is 2.26 bits per heavy atom. The third kappa shape index (κ3) is 4.55. The summed E-state index contributed by atoms with van der Waals surface area (Å²) in [4.78, 5) is 39.8. The fourth-order valence-electron chi connectivity index (χ4n) is 4.13. The maximum Gasteiger partial charge on any atom is 0.416 e. The standard InChI is InChI=1S/C23H22F3N5O4/c1-14(2)30-21(32)17-6-4-3-5-16(17)20(27-30)22(33)29-11-9-28(10-12-29)18-8-7-15(23(24,25)26)13-19(18)31(34)35/h3-8,13-14H,9-12H2,1-2H3. The van der Waals surface area contributed by atoms with Gasteiger partial charge in [-0.05, 0) is 32.0 Å². The molecule has 0 spiro atoms. The van der Waals surface area contributed by atoms with E-state index >= 15 is 0 Å². The van der Waals surface area contributed by atoms with Gasteiger partial charge in [0.2, 0.25) is 0 Å². The fraction of sp³-hybridized carbons (Fsp3) is 0.348. The van der Waals surface area contributed by atoms with Crippen molar-refractivity contribution in [2.75, 3.05) is 31.1 Å². The van der Waals surface area contributed by atoms with E-state index < -0.39 is 28.3 Å². The number of carbonyl (C=O) groups excluding carboxylic acids is 1. The Bertz CT molecular complexity index is 1360. The Balaban J connectivity index is 1.60. The zero-order valence-electron chi connectivity index (χ0n) is 19.0. The Morgan fingerprint density at radius 2 is 1.69 bits per heavy atom. The van der Waals surface area contributed by atoms with Gasteiger partial charge in [0.05, 0.1) is 21.9 Å². The summed E-state index contributed by atoms with van der Waals surface area (Å²) in [6, 6.07) is 8.87. The normalized spacial score (nSPS) is 14.6. The second kappa shape index (κ2) is 9.01. The van der Waals surface area contributed by atoms with Gasteiger partial charge in [0.15, 0.2) is 5.69 Å². The number of nitrogens with zero attached hydrogens (tertiary/aromatic N) is 5. The van der Waals surface area contributed by atoms with Crippen molar-refractivity contribution >= 4 is 28.1 Å². The van der Waals surface area contributed by atoms with E-state index in [1.807, 2.05) is 0 Å². The Morgan fingerprint density at radius 1 is 1.06 bits per heavy atom. The topological polar surface area (TPSA) is 102 Å². The molecular formula is C23H22F3N5O4. The first-order valence-electron chi connectivity index (χ1n) is 10.9. The number of benzene rings is 2. The van der Waals surface area contributed by atoms with Crippen molar-refractivity contribution in [2.45, 2.75) is 26.1 Å². The molecule has 9 nitrogen and oxygen atoms in total. The summed E-state index contributed by atoms with van der Waals surface area (Å²) >= 11 is 0. The average molecular weight is 489 g/mol. The number of piperazine rings is 1. The Labute approximate surface area is 197 Å². The summed E-state index contributed by atoms with van der Waals surface area (Å²) in [5.74, 6) is -0.392. The van der Waals surface area contributed by atoms with Crippen LogP contribution >= 0.6 is 0 Å². The highest BCUT2D eigenvalue weighted by atomic mass is 19.4. The monoisotopic (exact) mass is 489 g/mol. The van der Waals surface area contributed by atoms with Crippen LogP contribution in [-0.2, 0) is 6.18 Å². The third-order valence-corrected chi connectivity index (χ3v) is 5.93. The molecule has 1 amide bonds. The van der Waals surface area contributed by atoms with Gasteiger partial charge in [0.25, 0.3) is 17.2 Å². The van der Waals surface area contributed by atoms with Crippen molar-refractivity contribution in [3.8, 4) is 0 Å². The first-order valence-corrected chi connectivity index (χ1v) is 10.9. The van der Waals surface area contributed by atoms with Crippen LogP contribution in [0.2, 0.25) is 0 Å². The van der Waals surface area contributed by atoms with E-state index in [9.17, 15) is 32.9 Å². The molecule has 0 saturated carbocycles. The molecule has 184 valence electrons. The van der Waals surface area contributed by atoms with Crippen LogP contribution in [0.5, 0.6) is 0 Å². The average Bonchev–Trinajstić information content (AvgIpc) is 2.83. The smallest absolute Gasteiger partial charge is 0.362 e. The molecule has 0 aliphatic carbocycles. The highest BCUT2D eigenvalue weighted by molar-refractivity contribution is 6.04. The first kappa shape index (κ1) is 24.2. The van der Waals surface area contributed by atoms with Gasteiger partial charge in [-0.2, -0.15) is 18.3 Å². The molecule has 1 aliphatic rings. The molecule has 3 aromatic rings. The summed E-state index contributed by atoms with van der Waals surface area (Å²) < 4.78 is 40.3. The number of hydrogen-bond acceptors (Lipinski definition) is 6. The van der Waals surface area contributed by atoms with Crippen LogP contribution in [0.25, 0.3) is 10.8 Å². The maximum atomic E-state index is 13.4. The van der Waals surface area contributed by atoms with E-state index in [2.05, 4.69) is 5.10 Å². The summed E-state index contributed by atoms with van der Waals surface area (Å²) in [5.41, 5.74) is -1.85. The molecule has 2 heterocycles. The minimum Gasteiger partial charge on any atom is -0.362 e. The largest absolute Gasteiger partial charge is 0.416 e. The number of nitro groups is 1. The number of carbonyl (C=O) groups is 1. The van der Waals surface area contributed by atoms with Crippen LogP contribution in [0, 0.1) is 10.1 Å². The van der Waals surface area contributed by atoms with E-state index in [-0.39, 0.29) is 49.2 Å². The van der Waals surface area contributed by atoms with Gasteiger partial charge in [0.1, 0.15) is 5.69 Å². The quantitative estimate of drug-likeness (QED) is 0.407. The van der Waals surface area contributed by atoms with Gasteiger partial charge < -0.3 is 9.80 Å². The summed E-state index contributed by atoms with van der Waals surface area (Å²) in [6.07, 6.45) is -4.70. The lowest BCUT2D eigenvalue weighted by molar-refractivity contribution is -0.384. The van der Waals surface area contributed by atoms with Gasteiger partial charge in [-0.15, -0.1) is 0 Å². The van der Waals surface area contributed by atoms with Crippen LogP contribution in [-0.4, -0.2) is 51.7 Å². The molecule has 1 aromatic heterocycles. The number of hydrogen-bond donors (Lipinski definition) is 0.